The summed E-state index contributed by atoms with van der Waals surface area (Å²) in [6.45, 7) is 0.0814. The first kappa shape index (κ1) is 16.2. The number of nitrogens with one attached hydrogen (secondary N) is 1. The van der Waals surface area contributed by atoms with E-state index in [9.17, 15) is 9.90 Å². The second-order valence-electron chi connectivity index (χ2n) is 6.00. The summed E-state index contributed by atoms with van der Waals surface area (Å²) in [5.41, 5.74) is 0.325. The van der Waals surface area contributed by atoms with Gasteiger partial charge in [0.25, 0.3) is 5.91 Å². The Morgan fingerprint density at radius 2 is 2.26 bits per heavy atom. The van der Waals surface area contributed by atoms with Gasteiger partial charge < -0.3 is 14.8 Å². The van der Waals surface area contributed by atoms with Crippen LogP contribution in [0.4, 0.5) is 0 Å². The summed E-state index contributed by atoms with van der Waals surface area (Å²) in [6, 6.07) is 3.83. The van der Waals surface area contributed by atoms with Crippen molar-refractivity contribution in [2.24, 2.45) is 5.92 Å². The van der Waals surface area contributed by atoms with E-state index in [1.807, 2.05) is 17.5 Å². The topological polar surface area (TPSA) is 75.4 Å². The minimum atomic E-state index is -0.217. The molecule has 0 radical (unpaired) electrons. The third-order valence-corrected chi connectivity index (χ3v) is 5.37. The molecule has 1 aliphatic rings. The molecular weight excluding hydrogens is 312 g/mol. The third-order valence-electron chi connectivity index (χ3n) is 4.50. The largest absolute Gasteiger partial charge is 0.442 e. The van der Waals surface area contributed by atoms with Crippen LogP contribution in [-0.2, 0) is 0 Å². The van der Waals surface area contributed by atoms with Gasteiger partial charge in [-0.3, -0.25) is 4.79 Å². The lowest BCUT2D eigenvalue weighted by molar-refractivity contribution is 0.0895. The Morgan fingerprint density at radius 3 is 2.96 bits per heavy atom. The third kappa shape index (κ3) is 3.82. The maximum atomic E-state index is 12.6. The Balaban J connectivity index is 1.73. The van der Waals surface area contributed by atoms with E-state index in [1.54, 1.807) is 0 Å². The van der Waals surface area contributed by atoms with Gasteiger partial charge in [0.1, 0.15) is 0 Å². The number of rotatable bonds is 6. The van der Waals surface area contributed by atoms with Crippen LogP contribution >= 0.6 is 11.3 Å². The second kappa shape index (κ2) is 7.75. The Bertz CT molecular complexity index is 618. The van der Waals surface area contributed by atoms with Crippen molar-refractivity contribution in [2.75, 3.05) is 6.61 Å². The highest BCUT2D eigenvalue weighted by Gasteiger charge is 2.27. The number of oxazole rings is 1. The van der Waals surface area contributed by atoms with Gasteiger partial charge in [-0.25, -0.2) is 4.98 Å². The van der Waals surface area contributed by atoms with Crippen molar-refractivity contribution in [1.29, 1.82) is 0 Å². The molecule has 1 fully saturated rings. The number of hydrogen-bond donors (Lipinski definition) is 2. The van der Waals surface area contributed by atoms with Gasteiger partial charge in [-0.2, -0.15) is 0 Å². The van der Waals surface area contributed by atoms with Crippen molar-refractivity contribution in [3.63, 3.8) is 0 Å². The van der Waals surface area contributed by atoms with Crippen LogP contribution < -0.4 is 5.32 Å². The molecule has 0 saturated heterocycles. The standard InChI is InChI=1S/C17H22N2O3S/c20-9-8-13(12-5-2-1-3-6-12)19-17(21)15-16(22-11-18-15)14-7-4-10-23-14/h4,7,10-13,20H,1-3,5-6,8-9H2,(H,19,21). The summed E-state index contributed by atoms with van der Waals surface area (Å²) in [5.74, 6) is 0.743. The lowest BCUT2D eigenvalue weighted by Gasteiger charge is -2.30. The number of nitrogens with zero attached hydrogens (tertiary/aromatic N) is 1. The molecule has 1 atom stereocenters. The van der Waals surface area contributed by atoms with Crippen LogP contribution in [0.2, 0.25) is 0 Å². The van der Waals surface area contributed by atoms with Gasteiger partial charge in [0.05, 0.1) is 4.88 Å². The average Bonchev–Trinajstić information content (AvgIpc) is 3.26. The van der Waals surface area contributed by atoms with E-state index in [4.69, 9.17) is 4.42 Å². The number of aliphatic hydroxyl groups is 1. The Hall–Kier alpha value is -1.66. The van der Waals surface area contributed by atoms with E-state index >= 15 is 0 Å². The predicted molar refractivity (Wildman–Crippen MR) is 89.3 cm³/mol. The summed E-state index contributed by atoms with van der Waals surface area (Å²) in [5, 5.41) is 14.3. The van der Waals surface area contributed by atoms with Crippen molar-refractivity contribution < 1.29 is 14.3 Å². The zero-order chi connectivity index (χ0) is 16.1. The van der Waals surface area contributed by atoms with Crippen molar-refractivity contribution >= 4 is 17.2 Å². The van der Waals surface area contributed by atoms with Crippen LogP contribution in [0.3, 0.4) is 0 Å². The number of aromatic nitrogens is 1. The summed E-state index contributed by atoms with van der Waals surface area (Å²) >= 11 is 1.52. The Labute approximate surface area is 139 Å². The SMILES string of the molecule is O=C(NC(CCO)C1CCCCC1)c1ncoc1-c1cccs1. The van der Waals surface area contributed by atoms with Crippen LogP contribution in [0.5, 0.6) is 0 Å². The molecule has 2 aromatic heterocycles. The van der Waals surface area contributed by atoms with Crippen LogP contribution in [-0.4, -0.2) is 28.6 Å². The number of thiophene rings is 1. The highest BCUT2D eigenvalue weighted by atomic mass is 32.1. The van der Waals surface area contributed by atoms with E-state index in [0.717, 1.165) is 17.7 Å². The fourth-order valence-electron chi connectivity index (χ4n) is 3.33. The molecule has 1 amide bonds. The van der Waals surface area contributed by atoms with Gasteiger partial charge in [0.15, 0.2) is 17.8 Å². The summed E-state index contributed by atoms with van der Waals surface area (Å²) in [6.07, 6.45) is 7.79. The maximum absolute atomic E-state index is 12.6. The van der Waals surface area contributed by atoms with Gasteiger partial charge in [0.2, 0.25) is 0 Å². The van der Waals surface area contributed by atoms with Gasteiger partial charge in [-0.1, -0.05) is 25.3 Å². The molecule has 0 bridgehead atoms. The molecule has 5 nitrogen and oxygen atoms in total. The fourth-order valence-corrected chi connectivity index (χ4v) is 4.04. The molecule has 0 aliphatic heterocycles. The quantitative estimate of drug-likeness (QED) is 0.848. The molecule has 0 spiro atoms. The van der Waals surface area contributed by atoms with Crippen molar-refractivity contribution in [3.05, 3.63) is 29.6 Å². The molecule has 0 aromatic carbocycles. The summed E-state index contributed by atoms with van der Waals surface area (Å²) in [4.78, 5) is 17.6. The minimum Gasteiger partial charge on any atom is -0.442 e. The Morgan fingerprint density at radius 1 is 1.43 bits per heavy atom. The number of hydrogen-bond acceptors (Lipinski definition) is 5. The average molecular weight is 334 g/mol. The molecular formula is C17H22N2O3S. The van der Waals surface area contributed by atoms with Crippen molar-refractivity contribution in [3.8, 4) is 10.6 Å². The maximum Gasteiger partial charge on any atom is 0.274 e. The molecule has 1 aliphatic carbocycles. The molecule has 1 unspecified atom stereocenters. The highest BCUT2D eigenvalue weighted by molar-refractivity contribution is 7.13. The first-order chi connectivity index (χ1) is 11.3. The van der Waals surface area contributed by atoms with Crippen LogP contribution in [0.15, 0.2) is 28.3 Å². The van der Waals surface area contributed by atoms with Gasteiger partial charge in [-0.15, -0.1) is 11.3 Å². The molecule has 2 heterocycles. The molecule has 2 N–H and O–H groups in total. The van der Waals surface area contributed by atoms with Crippen LogP contribution in [0, 0.1) is 5.92 Å². The van der Waals surface area contributed by atoms with Gasteiger partial charge in [-0.05, 0) is 36.6 Å². The fraction of sp³-hybridized carbons (Fsp3) is 0.529. The number of carbonyl (C=O) groups is 1. The molecule has 3 rings (SSSR count). The predicted octanol–water partition coefficient (Wildman–Crippen LogP) is 3.46. The van der Waals surface area contributed by atoms with Gasteiger partial charge >= 0.3 is 0 Å². The lowest BCUT2D eigenvalue weighted by atomic mass is 9.82. The Kier molecular flexibility index (Phi) is 5.46. The molecule has 6 heteroatoms. The van der Waals surface area contributed by atoms with Crippen molar-refractivity contribution in [1.82, 2.24) is 10.3 Å². The number of amides is 1. The second-order valence-corrected chi connectivity index (χ2v) is 6.95. The normalized spacial score (nSPS) is 17.1. The van der Waals surface area contributed by atoms with Crippen molar-refractivity contribution in [2.45, 2.75) is 44.6 Å². The minimum absolute atomic E-state index is 0.000635. The zero-order valence-corrected chi connectivity index (χ0v) is 13.8. The summed E-state index contributed by atoms with van der Waals surface area (Å²) in [7, 11) is 0. The molecule has 23 heavy (non-hydrogen) atoms. The van der Waals surface area contributed by atoms with Crippen LogP contribution in [0.25, 0.3) is 10.6 Å². The highest BCUT2D eigenvalue weighted by Crippen LogP contribution is 2.30. The zero-order valence-electron chi connectivity index (χ0n) is 13.0. The number of carbonyl (C=O) groups excluding carboxylic acids is 1. The molecule has 2 aromatic rings. The van der Waals surface area contributed by atoms with E-state index in [-0.39, 0.29) is 18.6 Å². The number of aliphatic hydroxyl groups excluding tert-OH is 1. The van der Waals surface area contributed by atoms with E-state index < -0.39 is 0 Å². The van der Waals surface area contributed by atoms with E-state index in [2.05, 4.69) is 10.3 Å². The van der Waals surface area contributed by atoms with Gasteiger partial charge in [0, 0.05) is 12.6 Å². The molecule has 124 valence electrons. The smallest absolute Gasteiger partial charge is 0.274 e. The van der Waals surface area contributed by atoms with Crippen LogP contribution in [0.1, 0.15) is 49.0 Å². The first-order valence-electron chi connectivity index (χ1n) is 8.18. The molecule has 1 saturated carbocycles. The van der Waals surface area contributed by atoms with E-state index in [1.165, 1.54) is 37.0 Å². The summed E-state index contributed by atoms with van der Waals surface area (Å²) < 4.78 is 5.41. The van der Waals surface area contributed by atoms with E-state index in [0.29, 0.717) is 23.8 Å². The monoisotopic (exact) mass is 334 g/mol. The lowest BCUT2D eigenvalue weighted by Crippen LogP contribution is -2.42. The first-order valence-corrected chi connectivity index (χ1v) is 9.06.